The van der Waals surface area contributed by atoms with Crippen LogP contribution in [0.2, 0.25) is 0 Å². The molecule has 1 aromatic rings. The molecule has 2 rings (SSSR count). The van der Waals surface area contributed by atoms with E-state index < -0.39 is 6.10 Å². The Hall–Kier alpha value is -1.59. The second-order valence-corrected chi connectivity index (χ2v) is 4.82. The zero-order valence-corrected chi connectivity index (χ0v) is 11.3. The number of carbonyl (C=O) groups excluding carboxylic acids is 1. The average molecular weight is 264 g/mol. The van der Waals surface area contributed by atoms with E-state index in [9.17, 15) is 9.90 Å². The predicted molar refractivity (Wildman–Crippen MR) is 72.1 cm³/mol. The van der Waals surface area contributed by atoms with Gasteiger partial charge < -0.3 is 20.1 Å². The van der Waals surface area contributed by atoms with E-state index in [-0.39, 0.29) is 11.9 Å². The Morgan fingerprint density at radius 2 is 2.11 bits per heavy atom. The molecule has 0 aromatic heterocycles. The minimum Gasteiger partial charge on any atom is -0.497 e. The van der Waals surface area contributed by atoms with Crippen molar-refractivity contribution in [1.82, 2.24) is 10.2 Å². The maximum atomic E-state index is 12.2. The van der Waals surface area contributed by atoms with Crippen molar-refractivity contribution in [2.75, 3.05) is 27.2 Å². The van der Waals surface area contributed by atoms with Crippen LogP contribution in [0.15, 0.2) is 24.3 Å². The first kappa shape index (κ1) is 13.8. The van der Waals surface area contributed by atoms with Crippen molar-refractivity contribution in [1.29, 1.82) is 0 Å². The quantitative estimate of drug-likeness (QED) is 0.805. The Balaban J connectivity index is 1.95. The van der Waals surface area contributed by atoms with Crippen LogP contribution in [0.25, 0.3) is 0 Å². The lowest BCUT2D eigenvalue weighted by molar-refractivity contribution is -0.132. The number of nitrogens with one attached hydrogen (secondary N) is 1. The minimum atomic E-state index is -0.482. The standard InChI is InChI=1S/C14H20N2O3/c1-16(12-8-15-9-13(12)17)14(18)7-10-3-5-11(19-2)6-4-10/h3-6,12-13,15,17H,7-9H2,1-2H3/t12-,13-/m1/s1. The van der Waals surface area contributed by atoms with Crippen molar-refractivity contribution in [3.63, 3.8) is 0 Å². The third-order valence-corrected chi connectivity index (χ3v) is 3.56. The summed E-state index contributed by atoms with van der Waals surface area (Å²) in [7, 11) is 3.36. The van der Waals surface area contributed by atoms with Crippen molar-refractivity contribution in [2.45, 2.75) is 18.6 Å². The Labute approximate surface area is 113 Å². The summed E-state index contributed by atoms with van der Waals surface area (Å²) in [6.45, 7) is 1.19. The van der Waals surface area contributed by atoms with Gasteiger partial charge in [-0.25, -0.2) is 0 Å². The number of methoxy groups -OCH3 is 1. The smallest absolute Gasteiger partial charge is 0.227 e. The molecule has 104 valence electrons. The molecular weight excluding hydrogens is 244 g/mol. The van der Waals surface area contributed by atoms with Crippen LogP contribution in [0, 0.1) is 0 Å². The van der Waals surface area contributed by atoms with Gasteiger partial charge >= 0.3 is 0 Å². The number of hydrogen-bond acceptors (Lipinski definition) is 4. The summed E-state index contributed by atoms with van der Waals surface area (Å²) >= 11 is 0. The van der Waals surface area contributed by atoms with E-state index in [0.717, 1.165) is 11.3 Å². The van der Waals surface area contributed by atoms with E-state index in [4.69, 9.17) is 4.74 Å². The first-order valence-electron chi connectivity index (χ1n) is 6.39. The van der Waals surface area contributed by atoms with Crippen LogP contribution in [-0.2, 0) is 11.2 Å². The molecule has 1 heterocycles. The third-order valence-electron chi connectivity index (χ3n) is 3.56. The summed E-state index contributed by atoms with van der Waals surface area (Å²) in [5, 5.41) is 12.8. The summed E-state index contributed by atoms with van der Waals surface area (Å²) in [5.74, 6) is 0.790. The van der Waals surface area contributed by atoms with Crippen molar-refractivity contribution >= 4 is 5.91 Å². The minimum absolute atomic E-state index is 0.0120. The molecule has 1 saturated heterocycles. The average Bonchev–Trinajstić information content (AvgIpc) is 2.85. The molecule has 0 spiro atoms. The first-order valence-corrected chi connectivity index (χ1v) is 6.39. The van der Waals surface area contributed by atoms with Crippen LogP contribution in [-0.4, -0.2) is 55.3 Å². The van der Waals surface area contributed by atoms with Gasteiger partial charge in [-0.1, -0.05) is 12.1 Å². The zero-order valence-electron chi connectivity index (χ0n) is 11.3. The van der Waals surface area contributed by atoms with E-state index in [0.29, 0.717) is 19.5 Å². The highest BCUT2D eigenvalue weighted by Crippen LogP contribution is 2.14. The van der Waals surface area contributed by atoms with Crippen molar-refractivity contribution in [3.05, 3.63) is 29.8 Å². The number of carbonyl (C=O) groups is 1. The van der Waals surface area contributed by atoms with Gasteiger partial charge in [0.2, 0.25) is 5.91 Å². The molecule has 1 aliphatic heterocycles. The van der Waals surface area contributed by atoms with Gasteiger partial charge in [-0.15, -0.1) is 0 Å². The molecular formula is C14H20N2O3. The van der Waals surface area contributed by atoms with Gasteiger partial charge in [-0.3, -0.25) is 4.79 Å². The highest BCUT2D eigenvalue weighted by molar-refractivity contribution is 5.79. The van der Waals surface area contributed by atoms with Crippen molar-refractivity contribution in [3.8, 4) is 5.75 Å². The molecule has 1 aromatic carbocycles. The Bertz CT molecular complexity index is 433. The molecule has 0 bridgehead atoms. The Morgan fingerprint density at radius 1 is 1.42 bits per heavy atom. The van der Waals surface area contributed by atoms with Crippen LogP contribution >= 0.6 is 0 Å². The third kappa shape index (κ3) is 3.24. The van der Waals surface area contributed by atoms with E-state index in [1.54, 1.807) is 19.1 Å². The first-order chi connectivity index (χ1) is 9.11. The molecule has 5 nitrogen and oxygen atoms in total. The highest BCUT2D eigenvalue weighted by atomic mass is 16.5. The lowest BCUT2D eigenvalue weighted by Crippen LogP contribution is -2.44. The number of ether oxygens (including phenoxy) is 1. The molecule has 1 fully saturated rings. The maximum Gasteiger partial charge on any atom is 0.227 e. The van der Waals surface area contributed by atoms with Gasteiger partial charge in [-0.05, 0) is 17.7 Å². The summed E-state index contributed by atoms with van der Waals surface area (Å²) in [4.78, 5) is 13.8. The number of nitrogens with zero attached hydrogens (tertiary/aromatic N) is 1. The lowest BCUT2D eigenvalue weighted by atomic mass is 10.1. The van der Waals surface area contributed by atoms with Gasteiger partial charge in [0.1, 0.15) is 5.75 Å². The van der Waals surface area contributed by atoms with Gasteiger partial charge in [0, 0.05) is 20.1 Å². The topological polar surface area (TPSA) is 61.8 Å². The molecule has 5 heteroatoms. The van der Waals surface area contributed by atoms with Crippen LogP contribution < -0.4 is 10.1 Å². The molecule has 1 aliphatic rings. The second kappa shape index (κ2) is 6.04. The maximum absolute atomic E-state index is 12.2. The van der Waals surface area contributed by atoms with Crippen LogP contribution in [0.4, 0.5) is 0 Å². The summed E-state index contributed by atoms with van der Waals surface area (Å²) in [6, 6.07) is 7.32. The van der Waals surface area contributed by atoms with E-state index in [2.05, 4.69) is 5.32 Å². The number of rotatable bonds is 4. The van der Waals surface area contributed by atoms with Gasteiger partial charge in [-0.2, -0.15) is 0 Å². The van der Waals surface area contributed by atoms with E-state index in [1.807, 2.05) is 24.3 Å². The number of likely N-dealkylation sites (N-methyl/N-ethyl adjacent to an activating group) is 1. The summed E-state index contributed by atoms with van der Waals surface area (Å²) < 4.78 is 5.08. The number of aliphatic hydroxyl groups is 1. The number of hydrogen-bond donors (Lipinski definition) is 2. The molecule has 0 unspecified atom stereocenters. The largest absolute Gasteiger partial charge is 0.497 e. The Morgan fingerprint density at radius 3 is 2.63 bits per heavy atom. The second-order valence-electron chi connectivity index (χ2n) is 4.82. The normalized spacial score (nSPS) is 22.3. The van der Waals surface area contributed by atoms with Crippen LogP contribution in [0.3, 0.4) is 0 Å². The van der Waals surface area contributed by atoms with Gasteiger partial charge in [0.05, 0.1) is 25.7 Å². The van der Waals surface area contributed by atoms with Gasteiger partial charge in [0.15, 0.2) is 0 Å². The van der Waals surface area contributed by atoms with Crippen molar-refractivity contribution in [2.24, 2.45) is 0 Å². The van der Waals surface area contributed by atoms with E-state index in [1.165, 1.54) is 0 Å². The molecule has 1 amide bonds. The molecule has 0 saturated carbocycles. The molecule has 2 atom stereocenters. The predicted octanol–water partition coefficient (Wildman–Crippen LogP) is 0.0288. The number of aliphatic hydroxyl groups excluding tert-OH is 1. The fourth-order valence-electron chi connectivity index (χ4n) is 2.27. The SMILES string of the molecule is COc1ccc(CC(=O)N(C)[C@@H]2CNC[C@H]2O)cc1. The lowest BCUT2D eigenvalue weighted by Gasteiger charge is -2.26. The summed E-state index contributed by atoms with van der Waals surface area (Å²) in [5.41, 5.74) is 0.943. The highest BCUT2D eigenvalue weighted by Gasteiger charge is 2.30. The Kier molecular flexibility index (Phi) is 4.39. The monoisotopic (exact) mass is 264 g/mol. The number of benzene rings is 1. The molecule has 2 N–H and O–H groups in total. The van der Waals surface area contributed by atoms with Crippen LogP contribution in [0.5, 0.6) is 5.75 Å². The van der Waals surface area contributed by atoms with Crippen molar-refractivity contribution < 1.29 is 14.6 Å². The number of β-amino-alcohol motifs (C(OH)–C–C–N with tert-alkyl or cyclic N) is 1. The molecule has 0 radical (unpaired) electrons. The number of amides is 1. The van der Waals surface area contributed by atoms with Crippen LogP contribution in [0.1, 0.15) is 5.56 Å². The summed E-state index contributed by atoms with van der Waals surface area (Å²) in [6.07, 6.45) is -0.145. The van der Waals surface area contributed by atoms with Gasteiger partial charge in [0.25, 0.3) is 0 Å². The molecule has 19 heavy (non-hydrogen) atoms. The fraction of sp³-hybridized carbons (Fsp3) is 0.500. The zero-order chi connectivity index (χ0) is 13.8. The van der Waals surface area contributed by atoms with E-state index >= 15 is 0 Å². The fourth-order valence-corrected chi connectivity index (χ4v) is 2.27. The molecule has 0 aliphatic carbocycles.